The molecule has 1 aliphatic heterocycles. The van der Waals surface area contributed by atoms with Gasteiger partial charge in [-0.25, -0.2) is 4.89 Å². The van der Waals surface area contributed by atoms with Crippen LogP contribution in [0.1, 0.15) is 37.8 Å². The Hall–Kier alpha value is -2.15. The predicted molar refractivity (Wildman–Crippen MR) is 101 cm³/mol. The first-order valence-electron chi connectivity index (χ1n) is 8.51. The van der Waals surface area contributed by atoms with Gasteiger partial charge in [-0.15, -0.1) is 0 Å². The Morgan fingerprint density at radius 3 is 2.42 bits per heavy atom. The summed E-state index contributed by atoms with van der Waals surface area (Å²) in [6, 6.07) is 11.4. The maximum atomic E-state index is 13.2. The molecule has 0 radical (unpaired) electrons. The van der Waals surface area contributed by atoms with Crippen molar-refractivity contribution in [2.24, 2.45) is 0 Å². The number of benzene rings is 1. The third-order valence-electron chi connectivity index (χ3n) is 4.57. The van der Waals surface area contributed by atoms with Crippen LogP contribution in [-0.4, -0.2) is 23.5 Å². The molecule has 0 unspecified atom stereocenters. The van der Waals surface area contributed by atoms with Crippen molar-refractivity contribution >= 4 is 29.2 Å². The number of Topliss-reactive ketones (excluding diaryl/α,β-unsaturated/α-hetero) is 1. The molecule has 26 heavy (non-hydrogen) atoms. The largest absolute Gasteiger partial charge is 0.478 e. The zero-order chi connectivity index (χ0) is 18.6. The van der Waals surface area contributed by atoms with E-state index in [2.05, 4.69) is 9.87 Å². The second-order valence-electron chi connectivity index (χ2n) is 5.92. The number of aromatic nitrogens is 1. The van der Waals surface area contributed by atoms with Gasteiger partial charge in [-0.1, -0.05) is 32.0 Å². The molecule has 0 N–H and O–H groups in total. The fourth-order valence-electron chi connectivity index (χ4n) is 3.05. The van der Waals surface area contributed by atoms with Gasteiger partial charge in [0.05, 0.1) is 24.7 Å². The molecule has 136 valence electrons. The van der Waals surface area contributed by atoms with Crippen molar-refractivity contribution < 1.29 is 18.8 Å². The zero-order valence-electron chi connectivity index (χ0n) is 15.0. The minimum atomic E-state index is -0.812. The fourth-order valence-corrected chi connectivity index (χ4v) is 3.44. The van der Waals surface area contributed by atoms with Crippen LogP contribution >= 0.6 is 12.0 Å². The summed E-state index contributed by atoms with van der Waals surface area (Å²) in [5.41, 5.74) is 1.41. The first kappa shape index (κ1) is 18.6. The SMILES string of the molecule is CCC1(CC)OC(c2ccc(SOOC)cc2)=C(c2cccnc2)C1=O. The van der Waals surface area contributed by atoms with Crippen molar-refractivity contribution in [3.05, 3.63) is 59.9 Å². The molecule has 2 aromatic rings. The summed E-state index contributed by atoms with van der Waals surface area (Å²) in [4.78, 5) is 22.9. The standard InChI is InChI=1S/C20H21NO4S/c1-4-20(5-2)19(22)17(15-7-6-12-21-13-15)18(24-20)14-8-10-16(11-9-14)26-25-23-3/h6-13H,4-5H2,1-3H3. The summed E-state index contributed by atoms with van der Waals surface area (Å²) >= 11 is 1.12. The van der Waals surface area contributed by atoms with Gasteiger partial charge in [-0.05, 0) is 31.0 Å². The van der Waals surface area contributed by atoms with E-state index in [1.54, 1.807) is 12.4 Å². The average Bonchev–Trinajstić information content (AvgIpc) is 3.00. The van der Waals surface area contributed by atoms with Gasteiger partial charge in [-0.3, -0.25) is 9.78 Å². The number of ether oxygens (including phenoxy) is 1. The van der Waals surface area contributed by atoms with Gasteiger partial charge >= 0.3 is 0 Å². The Morgan fingerprint density at radius 1 is 1.12 bits per heavy atom. The molecule has 3 rings (SSSR count). The number of hydrogen-bond donors (Lipinski definition) is 0. The van der Waals surface area contributed by atoms with Crippen LogP contribution in [0.4, 0.5) is 0 Å². The van der Waals surface area contributed by atoms with E-state index in [1.807, 2.05) is 50.2 Å². The maximum absolute atomic E-state index is 13.2. The summed E-state index contributed by atoms with van der Waals surface area (Å²) in [7, 11) is 1.46. The Kier molecular flexibility index (Phi) is 5.76. The summed E-state index contributed by atoms with van der Waals surface area (Å²) in [6.45, 7) is 3.96. The summed E-state index contributed by atoms with van der Waals surface area (Å²) in [5, 5.41) is 0. The van der Waals surface area contributed by atoms with Gasteiger partial charge in [0, 0.05) is 28.4 Å². The Morgan fingerprint density at radius 2 is 1.85 bits per heavy atom. The van der Waals surface area contributed by atoms with Crippen LogP contribution in [0.25, 0.3) is 11.3 Å². The highest BCUT2D eigenvalue weighted by atomic mass is 32.2. The molecule has 1 aliphatic rings. The fraction of sp³-hybridized carbons (Fsp3) is 0.300. The van der Waals surface area contributed by atoms with Gasteiger partial charge in [0.25, 0.3) is 0 Å². The van der Waals surface area contributed by atoms with E-state index in [0.717, 1.165) is 28.1 Å². The lowest BCUT2D eigenvalue weighted by Gasteiger charge is -2.25. The van der Waals surface area contributed by atoms with Crippen molar-refractivity contribution in [3.63, 3.8) is 0 Å². The molecule has 0 aliphatic carbocycles. The summed E-state index contributed by atoms with van der Waals surface area (Å²) in [6.07, 6.45) is 4.63. The molecule has 0 atom stereocenters. The van der Waals surface area contributed by atoms with Gasteiger partial charge in [0.1, 0.15) is 5.76 Å². The molecule has 0 amide bonds. The van der Waals surface area contributed by atoms with E-state index in [0.29, 0.717) is 24.2 Å². The van der Waals surface area contributed by atoms with E-state index in [9.17, 15) is 4.79 Å². The van der Waals surface area contributed by atoms with Gasteiger partial charge < -0.3 is 4.74 Å². The maximum Gasteiger partial charge on any atom is 0.210 e. The molecular formula is C20H21NO4S. The third-order valence-corrected chi connectivity index (χ3v) is 5.24. The minimum Gasteiger partial charge on any atom is -0.478 e. The Bertz CT molecular complexity index is 798. The topological polar surface area (TPSA) is 57.6 Å². The highest BCUT2D eigenvalue weighted by molar-refractivity contribution is 7.94. The molecule has 2 heterocycles. The number of carbonyl (C=O) groups excluding carboxylic acids is 1. The molecule has 0 fully saturated rings. The van der Waals surface area contributed by atoms with Crippen LogP contribution in [-0.2, 0) is 18.8 Å². The third kappa shape index (κ3) is 3.40. The monoisotopic (exact) mass is 371 g/mol. The lowest BCUT2D eigenvalue weighted by Crippen LogP contribution is -2.35. The quantitative estimate of drug-likeness (QED) is 0.400. The molecule has 6 heteroatoms. The van der Waals surface area contributed by atoms with E-state index in [-0.39, 0.29) is 5.78 Å². The van der Waals surface area contributed by atoms with Gasteiger partial charge in [-0.2, -0.15) is 4.33 Å². The number of pyridine rings is 1. The minimum absolute atomic E-state index is 0.0201. The normalized spacial score (nSPS) is 16.0. The lowest BCUT2D eigenvalue weighted by molar-refractivity contribution is -0.160. The Balaban J connectivity index is 2.05. The van der Waals surface area contributed by atoms with E-state index < -0.39 is 5.60 Å². The smallest absolute Gasteiger partial charge is 0.210 e. The van der Waals surface area contributed by atoms with Crippen LogP contribution in [0.2, 0.25) is 0 Å². The van der Waals surface area contributed by atoms with E-state index >= 15 is 0 Å². The molecule has 5 nitrogen and oxygen atoms in total. The second-order valence-corrected chi connectivity index (χ2v) is 6.69. The molecule has 0 spiro atoms. The van der Waals surface area contributed by atoms with Crippen molar-refractivity contribution in [3.8, 4) is 0 Å². The first-order valence-corrected chi connectivity index (χ1v) is 9.25. The molecule has 0 saturated heterocycles. The number of hydrogen-bond acceptors (Lipinski definition) is 6. The highest BCUT2D eigenvalue weighted by Gasteiger charge is 2.47. The average molecular weight is 371 g/mol. The molecule has 1 aromatic carbocycles. The van der Waals surface area contributed by atoms with Crippen molar-refractivity contribution in [2.75, 3.05) is 7.11 Å². The first-order chi connectivity index (χ1) is 12.6. The van der Waals surface area contributed by atoms with Crippen LogP contribution in [0.15, 0.2) is 53.7 Å². The van der Waals surface area contributed by atoms with Gasteiger partial charge in [0.2, 0.25) is 5.78 Å². The summed E-state index contributed by atoms with van der Waals surface area (Å²) in [5.74, 6) is 0.627. The second kappa shape index (κ2) is 8.03. The number of carbonyl (C=O) groups is 1. The number of nitrogens with zero attached hydrogens (tertiary/aromatic N) is 1. The van der Waals surface area contributed by atoms with Crippen LogP contribution in [0, 0.1) is 0 Å². The molecule has 1 aromatic heterocycles. The number of ketones is 1. The van der Waals surface area contributed by atoms with Crippen LogP contribution < -0.4 is 0 Å². The molecule has 0 saturated carbocycles. The molecular weight excluding hydrogens is 350 g/mol. The van der Waals surface area contributed by atoms with Crippen molar-refractivity contribution in [1.29, 1.82) is 0 Å². The van der Waals surface area contributed by atoms with Crippen molar-refractivity contribution in [1.82, 2.24) is 4.98 Å². The predicted octanol–water partition coefficient (Wildman–Crippen LogP) is 4.69. The van der Waals surface area contributed by atoms with Crippen LogP contribution in [0.3, 0.4) is 0 Å². The number of rotatable bonds is 7. The lowest BCUT2D eigenvalue weighted by atomic mass is 9.87. The summed E-state index contributed by atoms with van der Waals surface area (Å²) < 4.78 is 11.1. The van der Waals surface area contributed by atoms with Crippen molar-refractivity contribution in [2.45, 2.75) is 37.2 Å². The van der Waals surface area contributed by atoms with E-state index in [1.165, 1.54) is 7.11 Å². The van der Waals surface area contributed by atoms with Crippen LogP contribution in [0.5, 0.6) is 0 Å². The Labute approximate surface area is 157 Å². The molecule has 0 bridgehead atoms. The highest BCUT2D eigenvalue weighted by Crippen LogP contribution is 2.44. The zero-order valence-corrected chi connectivity index (χ0v) is 15.8. The van der Waals surface area contributed by atoms with Gasteiger partial charge in [0.15, 0.2) is 5.60 Å². The van der Waals surface area contributed by atoms with E-state index in [4.69, 9.17) is 9.07 Å².